The second-order valence-corrected chi connectivity index (χ2v) is 8.37. The van der Waals surface area contributed by atoms with Gasteiger partial charge in [0.1, 0.15) is 0 Å². The Hall–Kier alpha value is -1.96. The average Bonchev–Trinajstić information content (AvgIpc) is 3.01. The standard InChI is InChI=1S/C18H18BNO4S/c1-17(2)18(3,4)24-19(23-17)12-9-10-13(20(21)22)15-11-7-5-6-8-14(11)25-16(12)15/h5-10H,1-4H3. The van der Waals surface area contributed by atoms with Crippen molar-refractivity contribution in [2.75, 3.05) is 0 Å². The normalized spacial score (nSPS) is 19.0. The van der Waals surface area contributed by atoms with E-state index in [1.807, 2.05) is 52.0 Å². The van der Waals surface area contributed by atoms with Crippen molar-refractivity contribution in [1.82, 2.24) is 0 Å². The molecule has 0 atom stereocenters. The molecule has 1 aliphatic heterocycles. The summed E-state index contributed by atoms with van der Waals surface area (Å²) in [7, 11) is -0.540. The smallest absolute Gasteiger partial charge is 0.399 e. The van der Waals surface area contributed by atoms with Crippen LogP contribution in [-0.2, 0) is 9.31 Å². The van der Waals surface area contributed by atoms with Gasteiger partial charge in [0.25, 0.3) is 5.69 Å². The molecule has 0 radical (unpaired) electrons. The fourth-order valence-electron chi connectivity index (χ4n) is 3.14. The molecule has 0 bridgehead atoms. The maximum Gasteiger partial charge on any atom is 0.496 e. The van der Waals surface area contributed by atoms with Gasteiger partial charge >= 0.3 is 7.12 Å². The Labute approximate surface area is 149 Å². The summed E-state index contributed by atoms with van der Waals surface area (Å²) < 4.78 is 14.2. The van der Waals surface area contributed by atoms with Gasteiger partial charge in [-0.25, -0.2) is 0 Å². The van der Waals surface area contributed by atoms with Crippen molar-refractivity contribution in [3.8, 4) is 0 Å². The molecule has 2 heterocycles. The van der Waals surface area contributed by atoms with Crippen LogP contribution in [0.15, 0.2) is 36.4 Å². The first-order valence-corrected chi connectivity index (χ1v) is 8.97. The number of thiophene rings is 1. The monoisotopic (exact) mass is 355 g/mol. The van der Waals surface area contributed by atoms with Gasteiger partial charge in [-0.15, -0.1) is 11.3 Å². The Bertz CT molecular complexity index is 995. The van der Waals surface area contributed by atoms with Gasteiger partial charge in [0, 0.05) is 26.3 Å². The molecule has 0 amide bonds. The van der Waals surface area contributed by atoms with Gasteiger partial charge in [-0.05, 0) is 33.8 Å². The zero-order chi connectivity index (χ0) is 18.0. The highest BCUT2D eigenvalue weighted by atomic mass is 32.1. The van der Waals surface area contributed by atoms with Crippen molar-refractivity contribution >= 4 is 49.8 Å². The van der Waals surface area contributed by atoms with Gasteiger partial charge in [0.05, 0.1) is 21.5 Å². The van der Waals surface area contributed by atoms with Crippen molar-refractivity contribution in [3.63, 3.8) is 0 Å². The first-order valence-electron chi connectivity index (χ1n) is 8.15. The molecule has 0 N–H and O–H groups in total. The number of fused-ring (bicyclic) bond motifs is 3. The van der Waals surface area contributed by atoms with Crippen LogP contribution in [0.1, 0.15) is 27.7 Å². The first kappa shape index (κ1) is 16.5. The van der Waals surface area contributed by atoms with Crippen molar-refractivity contribution in [3.05, 3.63) is 46.5 Å². The number of non-ortho nitro benzene ring substituents is 1. The minimum absolute atomic E-state index is 0.118. The number of nitrogens with zero attached hydrogens (tertiary/aromatic N) is 1. The van der Waals surface area contributed by atoms with E-state index < -0.39 is 18.3 Å². The summed E-state index contributed by atoms with van der Waals surface area (Å²) in [6.45, 7) is 8.00. The summed E-state index contributed by atoms with van der Waals surface area (Å²) in [5.41, 5.74) is 0.0541. The fraction of sp³-hybridized carbons (Fsp3) is 0.333. The van der Waals surface area contributed by atoms with Crippen LogP contribution >= 0.6 is 11.3 Å². The van der Waals surface area contributed by atoms with Crippen LogP contribution in [0.5, 0.6) is 0 Å². The second-order valence-electron chi connectivity index (χ2n) is 7.32. The van der Waals surface area contributed by atoms with E-state index in [1.54, 1.807) is 23.5 Å². The Morgan fingerprint density at radius 3 is 2.32 bits per heavy atom. The van der Waals surface area contributed by atoms with Crippen LogP contribution in [0.2, 0.25) is 0 Å². The topological polar surface area (TPSA) is 61.6 Å². The molecule has 1 aliphatic rings. The third kappa shape index (κ3) is 2.38. The summed E-state index contributed by atoms with van der Waals surface area (Å²) in [6.07, 6.45) is 0. The number of nitro benzene ring substituents is 1. The Kier molecular flexibility index (Phi) is 3.48. The number of rotatable bonds is 2. The van der Waals surface area contributed by atoms with E-state index in [2.05, 4.69) is 0 Å². The van der Waals surface area contributed by atoms with Crippen LogP contribution < -0.4 is 5.46 Å². The Morgan fingerprint density at radius 1 is 1.04 bits per heavy atom. The van der Waals surface area contributed by atoms with Crippen LogP contribution in [0.3, 0.4) is 0 Å². The minimum atomic E-state index is -0.540. The van der Waals surface area contributed by atoms with Gasteiger partial charge in [-0.2, -0.15) is 0 Å². The lowest BCUT2D eigenvalue weighted by atomic mass is 9.78. The maximum absolute atomic E-state index is 11.5. The SMILES string of the molecule is CC1(C)OB(c2ccc([N+](=O)[O-])c3c2sc2ccccc23)OC1(C)C. The number of benzene rings is 2. The predicted octanol–water partition coefficient (Wildman–Crippen LogP) is 4.26. The largest absolute Gasteiger partial charge is 0.496 e. The molecule has 0 aliphatic carbocycles. The van der Waals surface area contributed by atoms with E-state index in [-0.39, 0.29) is 10.6 Å². The molecule has 1 aromatic heterocycles. The first-order chi connectivity index (χ1) is 11.7. The van der Waals surface area contributed by atoms with Gasteiger partial charge in [0.2, 0.25) is 0 Å². The average molecular weight is 355 g/mol. The molecule has 2 aromatic carbocycles. The molecule has 1 saturated heterocycles. The van der Waals surface area contributed by atoms with Crippen LogP contribution in [-0.4, -0.2) is 23.2 Å². The van der Waals surface area contributed by atoms with Gasteiger partial charge in [-0.1, -0.05) is 24.3 Å². The van der Waals surface area contributed by atoms with E-state index in [0.29, 0.717) is 5.39 Å². The van der Waals surface area contributed by atoms with Crippen LogP contribution in [0.25, 0.3) is 20.2 Å². The van der Waals surface area contributed by atoms with Crippen molar-refractivity contribution in [2.24, 2.45) is 0 Å². The lowest BCUT2D eigenvalue weighted by molar-refractivity contribution is -0.383. The molecule has 7 heteroatoms. The van der Waals surface area contributed by atoms with E-state index >= 15 is 0 Å². The summed E-state index contributed by atoms with van der Waals surface area (Å²) >= 11 is 1.54. The third-order valence-electron chi connectivity index (χ3n) is 5.24. The van der Waals surface area contributed by atoms with E-state index in [4.69, 9.17) is 9.31 Å². The van der Waals surface area contributed by atoms with E-state index in [9.17, 15) is 10.1 Å². The fourth-order valence-corrected chi connectivity index (χ4v) is 4.38. The Morgan fingerprint density at radius 2 is 1.68 bits per heavy atom. The molecule has 4 rings (SSSR count). The van der Waals surface area contributed by atoms with Gasteiger partial charge < -0.3 is 9.31 Å². The second kappa shape index (κ2) is 5.27. The molecule has 0 spiro atoms. The molecule has 3 aromatic rings. The van der Waals surface area contributed by atoms with Gasteiger partial charge in [0.15, 0.2) is 0 Å². The summed E-state index contributed by atoms with van der Waals surface area (Å²) in [6, 6.07) is 11.1. The van der Waals surface area contributed by atoms with Crippen molar-refractivity contribution < 1.29 is 14.2 Å². The van der Waals surface area contributed by atoms with Crippen molar-refractivity contribution in [2.45, 2.75) is 38.9 Å². The highest BCUT2D eigenvalue weighted by molar-refractivity contribution is 7.27. The summed E-state index contributed by atoms with van der Waals surface area (Å²) in [5.74, 6) is 0. The van der Waals surface area contributed by atoms with E-state index in [0.717, 1.165) is 20.2 Å². The number of hydrogen-bond donors (Lipinski definition) is 0. The number of nitro groups is 1. The molecule has 5 nitrogen and oxygen atoms in total. The lowest BCUT2D eigenvalue weighted by Gasteiger charge is -2.32. The maximum atomic E-state index is 11.5. The zero-order valence-corrected chi connectivity index (χ0v) is 15.3. The lowest BCUT2D eigenvalue weighted by Crippen LogP contribution is -2.41. The van der Waals surface area contributed by atoms with E-state index in [1.165, 1.54) is 0 Å². The molecule has 128 valence electrons. The van der Waals surface area contributed by atoms with Crippen LogP contribution in [0.4, 0.5) is 5.69 Å². The summed E-state index contributed by atoms with van der Waals surface area (Å²) in [5, 5.41) is 13.1. The van der Waals surface area contributed by atoms with Gasteiger partial charge in [-0.3, -0.25) is 10.1 Å². The molecule has 1 fully saturated rings. The van der Waals surface area contributed by atoms with Crippen LogP contribution in [0, 0.1) is 10.1 Å². The highest BCUT2D eigenvalue weighted by Gasteiger charge is 2.52. The highest BCUT2D eigenvalue weighted by Crippen LogP contribution is 2.41. The minimum Gasteiger partial charge on any atom is -0.399 e. The third-order valence-corrected chi connectivity index (χ3v) is 6.46. The molecule has 25 heavy (non-hydrogen) atoms. The molecule has 0 saturated carbocycles. The number of hydrogen-bond acceptors (Lipinski definition) is 5. The predicted molar refractivity (Wildman–Crippen MR) is 102 cm³/mol. The molecular weight excluding hydrogens is 337 g/mol. The quantitative estimate of drug-likeness (QED) is 0.391. The van der Waals surface area contributed by atoms with Crippen molar-refractivity contribution in [1.29, 1.82) is 0 Å². The zero-order valence-electron chi connectivity index (χ0n) is 14.5. The summed E-state index contributed by atoms with van der Waals surface area (Å²) in [4.78, 5) is 11.2. The molecular formula is C18H18BNO4S. The Balaban J connectivity index is 1.98. The molecule has 0 unspecified atom stereocenters.